The number of imidazole rings is 1. The number of nitrogens with one attached hydrogen (secondary N) is 2. The quantitative estimate of drug-likeness (QED) is 0.499. The van der Waals surface area contributed by atoms with Gasteiger partial charge >= 0.3 is 0 Å². The van der Waals surface area contributed by atoms with Gasteiger partial charge in [-0.2, -0.15) is 0 Å². The monoisotopic (exact) mass is 310 g/mol. The number of amides is 1. The van der Waals surface area contributed by atoms with Crippen LogP contribution in [0.15, 0.2) is 42.5 Å². The molecule has 0 radical (unpaired) electrons. The van der Waals surface area contributed by atoms with Gasteiger partial charge in [0.1, 0.15) is 12.4 Å². The molecule has 3 N–H and O–H groups in total. The number of aromatic nitrogens is 2. The largest absolute Gasteiger partial charge is 0.490 e. The summed E-state index contributed by atoms with van der Waals surface area (Å²) in [6, 6.07) is 12.8. The molecule has 7 nitrogen and oxygen atoms in total. The first-order chi connectivity index (χ1) is 11.3. The van der Waals surface area contributed by atoms with E-state index in [0.29, 0.717) is 30.4 Å². The number of anilines is 2. The lowest BCUT2D eigenvalue weighted by atomic mass is 10.1. The molecule has 23 heavy (non-hydrogen) atoms. The minimum absolute atomic E-state index is 0.345. The topological polar surface area (TPSA) is 90.5 Å². The zero-order valence-corrected chi connectivity index (χ0v) is 12.1. The minimum atomic E-state index is -0.567. The zero-order chi connectivity index (χ0) is 15.8. The molecule has 2 aromatic carbocycles. The maximum atomic E-state index is 11.6. The summed E-state index contributed by atoms with van der Waals surface area (Å²) in [5.74, 6) is 0.798. The number of nitrogens with zero attached hydrogens (tertiary/aromatic N) is 2. The number of ether oxygens (including phenoxy) is 1. The molecule has 1 aliphatic heterocycles. The van der Waals surface area contributed by atoms with Gasteiger partial charge in [0.25, 0.3) is 5.91 Å². The highest BCUT2D eigenvalue weighted by Gasteiger charge is 2.23. The number of para-hydroxylation sites is 2. The van der Waals surface area contributed by atoms with Crippen LogP contribution in [-0.2, 0) is 0 Å². The number of aromatic amines is 1. The second-order valence-corrected chi connectivity index (χ2v) is 5.20. The number of carbonyl (C=O) groups is 1. The minimum Gasteiger partial charge on any atom is -0.490 e. The highest BCUT2D eigenvalue weighted by atomic mass is 16.5. The molecule has 1 aromatic heterocycles. The van der Waals surface area contributed by atoms with Crippen LogP contribution in [0.5, 0.6) is 5.75 Å². The van der Waals surface area contributed by atoms with E-state index in [1.54, 1.807) is 23.7 Å². The van der Waals surface area contributed by atoms with Crippen molar-refractivity contribution in [2.24, 2.45) is 0 Å². The summed E-state index contributed by atoms with van der Waals surface area (Å²) in [6.45, 7) is 1.13. The molecule has 0 atom stereocenters. The fourth-order valence-electron chi connectivity index (χ4n) is 2.71. The van der Waals surface area contributed by atoms with E-state index in [-0.39, 0.29) is 0 Å². The smallest absolute Gasteiger partial charge is 0.274 e. The average Bonchev–Trinajstić information content (AvgIpc) is 3.04. The second-order valence-electron chi connectivity index (χ2n) is 5.20. The van der Waals surface area contributed by atoms with E-state index in [4.69, 9.17) is 9.94 Å². The molecule has 7 heteroatoms. The Bertz CT molecular complexity index is 857. The van der Waals surface area contributed by atoms with Crippen molar-refractivity contribution in [3.05, 3.63) is 48.0 Å². The van der Waals surface area contributed by atoms with Crippen LogP contribution in [0.25, 0.3) is 11.0 Å². The Balaban J connectivity index is 1.81. The van der Waals surface area contributed by atoms with E-state index >= 15 is 0 Å². The van der Waals surface area contributed by atoms with Gasteiger partial charge in [-0.25, -0.2) is 10.5 Å². The van der Waals surface area contributed by atoms with Crippen LogP contribution in [0, 0.1) is 0 Å². The number of hydrogen-bond donors (Lipinski definition) is 3. The molecule has 0 bridgehead atoms. The van der Waals surface area contributed by atoms with Gasteiger partial charge in [-0.15, -0.1) is 0 Å². The number of rotatable bonds is 2. The van der Waals surface area contributed by atoms with Crippen molar-refractivity contribution < 1.29 is 14.7 Å². The molecule has 1 amide bonds. The van der Waals surface area contributed by atoms with Crippen LogP contribution in [0.1, 0.15) is 10.4 Å². The third-order valence-electron chi connectivity index (χ3n) is 3.82. The van der Waals surface area contributed by atoms with E-state index in [1.165, 1.54) is 0 Å². The van der Waals surface area contributed by atoms with Gasteiger partial charge in [0.2, 0.25) is 5.95 Å². The molecule has 0 saturated carbocycles. The Morgan fingerprint density at radius 2 is 2.17 bits per heavy atom. The Kier molecular flexibility index (Phi) is 3.13. The first-order valence-corrected chi connectivity index (χ1v) is 7.20. The normalized spacial score (nSPS) is 13.5. The first kappa shape index (κ1) is 13.6. The van der Waals surface area contributed by atoms with Crippen LogP contribution in [0.4, 0.5) is 11.6 Å². The van der Waals surface area contributed by atoms with E-state index in [9.17, 15) is 4.79 Å². The molecule has 0 saturated heterocycles. The van der Waals surface area contributed by atoms with Crippen LogP contribution < -0.4 is 15.1 Å². The molecule has 0 spiro atoms. The van der Waals surface area contributed by atoms with Crippen molar-refractivity contribution in [2.45, 2.75) is 0 Å². The lowest BCUT2D eigenvalue weighted by molar-refractivity contribution is 0.0706. The van der Waals surface area contributed by atoms with Crippen LogP contribution >= 0.6 is 0 Å². The fourth-order valence-corrected chi connectivity index (χ4v) is 2.71. The number of H-pyrrole nitrogens is 1. The number of benzene rings is 2. The maximum absolute atomic E-state index is 11.6. The summed E-state index contributed by atoms with van der Waals surface area (Å²) >= 11 is 0. The molecule has 0 fully saturated rings. The number of hydrogen-bond acceptors (Lipinski definition) is 5. The third-order valence-corrected chi connectivity index (χ3v) is 3.82. The Labute approximate surface area is 131 Å². The summed E-state index contributed by atoms with van der Waals surface area (Å²) in [7, 11) is 0. The van der Waals surface area contributed by atoms with E-state index < -0.39 is 5.91 Å². The highest BCUT2D eigenvalue weighted by molar-refractivity contribution is 5.95. The third kappa shape index (κ3) is 2.27. The van der Waals surface area contributed by atoms with Crippen molar-refractivity contribution in [1.82, 2.24) is 15.4 Å². The second kappa shape index (κ2) is 5.29. The van der Waals surface area contributed by atoms with Gasteiger partial charge in [0.05, 0.1) is 23.3 Å². The standard InChI is InChI=1S/C16H14N4O3/c21-15(19-22)10-5-6-14-13(9-10)20(7-8-23-14)16-17-11-3-1-2-4-12(11)18-16/h1-6,9,22H,7-8H2,(H,17,18)(H,19,21). The highest BCUT2D eigenvalue weighted by Crippen LogP contribution is 2.36. The van der Waals surface area contributed by atoms with E-state index in [1.807, 2.05) is 29.2 Å². The predicted molar refractivity (Wildman–Crippen MR) is 84.3 cm³/mol. The summed E-state index contributed by atoms with van der Waals surface area (Å²) in [6.07, 6.45) is 0. The van der Waals surface area contributed by atoms with Crippen molar-refractivity contribution in [1.29, 1.82) is 0 Å². The first-order valence-electron chi connectivity index (χ1n) is 7.20. The molecule has 2 heterocycles. The Morgan fingerprint density at radius 3 is 3.00 bits per heavy atom. The van der Waals surface area contributed by atoms with E-state index in [2.05, 4.69) is 9.97 Å². The summed E-state index contributed by atoms with van der Waals surface area (Å²) in [4.78, 5) is 21.5. The molecular weight excluding hydrogens is 296 g/mol. The summed E-state index contributed by atoms with van der Waals surface area (Å²) < 4.78 is 5.64. The lowest BCUT2D eigenvalue weighted by Gasteiger charge is -2.29. The van der Waals surface area contributed by atoms with Crippen molar-refractivity contribution in [3.63, 3.8) is 0 Å². The summed E-state index contributed by atoms with van der Waals surface area (Å²) in [5, 5.41) is 8.81. The van der Waals surface area contributed by atoms with Gasteiger partial charge in [0.15, 0.2) is 0 Å². The SMILES string of the molecule is O=C(NO)c1ccc2c(c1)N(c1nc3ccccc3[nH]1)CCO2. The summed E-state index contributed by atoms with van der Waals surface area (Å²) in [5.41, 5.74) is 4.54. The molecule has 4 rings (SSSR count). The molecule has 1 aliphatic rings. The van der Waals surface area contributed by atoms with Crippen molar-refractivity contribution >= 4 is 28.6 Å². The van der Waals surface area contributed by atoms with Crippen LogP contribution in [-0.4, -0.2) is 34.2 Å². The number of fused-ring (bicyclic) bond motifs is 2. The van der Waals surface area contributed by atoms with Gasteiger partial charge in [-0.3, -0.25) is 10.0 Å². The van der Waals surface area contributed by atoms with Gasteiger partial charge in [0, 0.05) is 5.56 Å². The fraction of sp³-hybridized carbons (Fsp3) is 0.125. The molecular formula is C16H14N4O3. The van der Waals surface area contributed by atoms with Gasteiger partial charge < -0.3 is 14.6 Å². The zero-order valence-electron chi connectivity index (χ0n) is 12.1. The Hall–Kier alpha value is -3.06. The number of hydroxylamine groups is 1. The van der Waals surface area contributed by atoms with Gasteiger partial charge in [-0.05, 0) is 30.3 Å². The molecule has 0 unspecified atom stereocenters. The lowest BCUT2D eigenvalue weighted by Crippen LogP contribution is -2.30. The molecule has 0 aliphatic carbocycles. The molecule has 116 valence electrons. The van der Waals surface area contributed by atoms with Gasteiger partial charge in [-0.1, -0.05) is 12.1 Å². The maximum Gasteiger partial charge on any atom is 0.274 e. The van der Waals surface area contributed by atoms with Crippen LogP contribution in [0.3, 0.4) is 0 Å². The predicted octanol–water partition coefficient (Wildman–Crippen LogP) is 2.21. The Morgan fingerprint density at radius 1 is 1.30 bits per heavy atom. The average molecular weight is 310 g/mol. The van der Waals surface area contributed by atoms with Crippen molar-refractivity contribution in [3.8, 4) is 5.75 Å². The molecule has 3 aromatic rings. The van der Waals surface area contributed by atoms with Crippen molar-refractivity contribution in [2.75, 3.05) is 18.1 Å². The van der Waals surface area contributed by atoms with E-state index in [0.717, 1.165) is 16.7 Å². The number of carbonyl (C=O) groups excluding carboxylic acids is 1. The van der Waals surface area contributed by atoms with Crippen LogP contribution in [0.2, 0.25) is 0 Å².